The van der Waals surface area contributed by atoms with Crippen LogP contribution in [0.4, 0.5) is 0 Å². The molecule has 0 N–H and O–H groups in total. The summed E-state index contributed by atoms with van der Waals surface area (Å²) in [5.41, 5.74) is 0. The van der Waals surface area contributed by atoms with Crippen LogP contribution in [-0.4, -0.2) is 30.9 Å². The maximum atomic E-state index is 11.8. The molecule has 18 heavy (non-hydrogen) atoms. The summed E-state index contributed by atoms with van der Waals surface area (Å²) in [6.45, 7) is 4.10. The molecular formula is C13H20O5. The lowest BCUT2D eigenvalue weighted by atomic mass is 9.98. The average Bonchev–Trinajstić information content (AvgIpc) is 2.78. The summed E-state index contributed by atoms with van der Waals surface area (Å²) < 4.78 is 9.67. The maximum absolute atomic E-state index is 11.8. The van der Waals surface area contributed by atoms with Crippen molar-refractivity contribution in [3.63, 3.8) is 0 Å². The number of carbonyl (C=O) groups excluding carboxylic acids is 3. The van der Waals surface area contributed by atoms with Crippen molar-refractivity contribution in [3.05, 3.63) is 0 Å². The van der Waals surface area contributed by atoms with E-state index in [1.807, 2.05) is 0 Å². The zero-order valence-corrected chi connectivity index (χ0v) is 10.9. The molecule has 0 spiro atoms. The maximum Gasteiger partial charge on any atom is 0.313 e. The molecular weight excluding hydrogens is 236 g/mol. The van der Waals surface area contributed by atoms with Crippen LogP contribution in [0.1, 0.15) is 39.5 Å². The fourth-order valence-electron chi connectivity index (χ4n) is 2.25. The number of ketones is 1. The van der Waals surface area contributed by atoms with E-state index in [0.717, 1.165) is 0 Å². The largest absolute Gasteiger partial charge is 0.466 e. The number of ether oxygens (including phenoxy) is 2. The molecule has 1 fully saturated rings. The third-order valence-electron chi connectivity index (χ3n) is 3.13. The quantitative estimate of drug-likeness (QED) is 0.532. The summed E-state index contributed by atoms with van der Waals surface area (Å²) in [5, 5.41) is 0. The molecule has 0 amide bonds. The molecule has 1 aliphatic rings. The van der Waals surface area contributed by atoms with Crippen molar-refractivity contribution in [2.75, 3.05) is 13.2 Å². The van der Waals surface area contributed by atoms with Crippen molar-refractivity contribution in [2.45, 2.75) is 39.5 Å². The first-order chi connectivity index (χ1) is 8.58. The molecule has 0 saturated heterocycles. The Morgan fingerprint density at radius 1 is 1.00 bits per heavy atom. The predicted molar refractivity (Wildman–Crippen MR) is 63.7 cm³/mol. The van der Waals surface area contributed by atoms with Crippen molar-refractivity contribution >= 4 is 17.7 Å². The van der Waals surface area contributed by atoms with Crippen LogP contribution in [0.2, 0.25) is 0 Å². The number of hydrogen-bond acceptors (Lipinski definition) is 5. The van der Waals surface area contributed by atoms with Crippen molar-refractivity contribution < 1.29 is 23.9 Å². The minimum atomic E-state index is -0.484. The third kappa shape index (κ3) is 4.13. The van der Waals surface area contributed by atoms with Gasteiger partial charge in [0.2, 0.25) is 0 Å². The first-order valence-corrected chi connectivity index (χ1v) is 6.43. The van der Waals surface area contributed by atoms with Crippen LogP contribution in [-0.2, 0) is 23.9 Å². The van der Waals surface area contributed by atoms with E-state index in [4.69, 9.17) is 9.47 Å². The van der Waals surface area contributed by atoms with E-state index in [1.54, 1.807) is 13.8 Å². The lowest BCUT2D eigenvalue weighted by Gasteiger charge is -2.09. The molecule has 0 aromatic heterocycles. The minimum absolute atomic E-state index is 0.125. The highest BCUT2D eigenvalue weighted by atomic mass is 16.5. The second-order valence-corrected chi connectivity index (χ2v) is 4.41. The summed E-state index contributed by atoms with van der Waals surface area (Å²) >= 11 is 0. The van der Waals surface area contributed by atoms with Gasteiger partial charge in [0, 0.05) is 5.92 Å². The van der Waals surface area contributed by atoms with Gasteiger partial charge in [-0.1, -0.05) is 0 Å². The van der Waals surface area contributed by atoms with Crippen LogP contribution >= 0.6 is 0 Å². The van der Waals surface area contributed by atoms with Gasteiger partial charge in [-0.15, -0.1) is 0 Å². The molecule has 1 aliphatic carbocycles. The SMILES string of the molecule is CCOC(=O)CC(=O)C1CCC(C(=O)OCC)C1. The highest BCUT2D eigenvalue weighted by Gasteiger charge is 2.35. The van der Waals surface area contributed by atoms with E-state index in [9.17, 15) is 14.4 Å². The van der Waals surface area contributed by atoms with Gasteiger partial charge in [0.15, 0.2) is 0 Å². The number of Topliss-reactive ketones (excluding diaryl/α,β-unsaturated/α-hetero) is 1. The molecule has 2 atom stereocenters. The molecule has 0 aromatic rings. The molecule has 2 unspecified atom stereocenters. The normalized spacial score (nSPS) is 22.6. The zero-order chi connectivity index (χ0) is 13.5. The van der Waals surface area contributed by atoms with Gasteiger partial charge in [0.25, 0.3) is 0 Å². The molecule has 1 saturated carbocycles. The van der Waals surface area contributed by atoms with E-state index in [1.165, 1.54) is 0 Å². The van der Waals surface area contributed by atoms with E-state index in [2.05, 4.69) is 0 Å². The number of hydrogen-bond donors (Lipinski definition) is 0. The fraction of sp³-hybridized carbons (Fsp3) is 0.769. The van der Waals surface area contributed by atoms with Gasteiger partial charge in [-0.2, -0.15) is 0 Å². The lowest BCUT2D eigenvalue weighted by Crippen LogP contribution is -2.19. The Morgan fingerprint density at radius 2 is 1.61 bits per heavy atom. The Bertz CT molecular complexity index is 323. The molecule has 0 radical (unpaired) electrons. The fourth-order valence-corrected chi connectivity index (χ4v) is 2.25. The van der Waals surface area contributed by atoms with Crippen molar-refractivity contribution in [2.24, 2.45) is 11.8 Å². The smallest absolute Gasteiger partial charge is 0.313 e. The number of rotatable bonds is 6. The van der Waals surface area contributed by atoms with Crippen LogP contribution in [0.3, 0.4) is 0 Å². The average molecular weight is 256 g/mol. The topological polar surface area (TPSA) is 69.7 Å². The molecule has 0 heterocycles. The van der Waals surface area contributed by atoms with E-state index in [-0.39, 0.29) is 36.6 Å². The van der Waals surface area contributed by atoms with E-state index in [0.29, 0.717) is 25.9 Å². The predicted octanol–water partition coefficient (Wildman–Crippen LogP) is 1.49. The third-order valence-corrected chi connectivity index (χ3v) is 3.13. The summed E-state index contributed by atoms with van der Waals surface area (Å²) in [5.74, 6) is -1.24. The standard InChI is InChI=1S/C13H20O5/c1-3-17-12(15)8-11(14)9-5-6-10(7-9)13(16)18-4-2/h9-10H,3-8H2,1-2H3. The van der Waals surface area contributed by atoms with E-state index >= 15 is 0 Å². The molecule has 5 heteroatoms. The van der Waals surface area contributed by atoms with Gasteiger partial charge >= 0.3 is 11.9 Å². The Balaban J connectivity index is 2.39. The molecule has 5 nitrogen and oxygen atoms in total. The number of carbonyl (C=O) groups is 3. The Hall–Kier alpha value is -1.39. The summed E-state index contributed by atoms with van der Waals surface area (Å²) in [7, 11) is 0. The second kappa shape index (κ2) is 7.13. The van der Waals surface area contributed by atoms with Gasteiger partial charge in [0.05, 0.1) is 19.1 Å². The summed E-state index contributed by atoms with van der Waals surface area (Å²) in [6, 6.07) is 0. The Morgan fingerprint density at radius 3 is 2.22 bits per heavy atom. The van der Waals surface area contributed by atoms with Gasteiger partial charge in [-0.05, 0) is 33.1 Å². The molecule has 0 bridgehead atoms. The van der Waals surface area contributed by atoms with Crippen molar-refractivity contribution in [1.82, 2.24) is 0 Å². The highest BCUT2D eigenvalue weighted by Crippen LogP contribution is 2.33. The number of esters is 2. The minimum Gasteiger partial charge on any atom is -0.466 e. The lowest BCUT2D eigenvalue weighted by molar-refractivity contribution is -0.147. The van der Waals surface area contributed by atoms with Gasteiger partial charge in [-0.25, -0.2) is 0 Å². The van der Waals surface area contributed by atoms with Gasteiger partial charge in [-0.3, -0.25) is 14.4 Å². The van der Waals surface area contributed by atoms with Crippen LogP contribution in [0.25, 0.3) is 0 Å². The van der Waals surface area contributed by atoms with Gasteiger partial charge in [0.1, 0.15) is 12.2 Å². The van der Waals surface area contributed by atoms with Crippen molar-refractivity contribution in [1.29, 1.82) is 0 Å². The van der Waals surface area contributed by atoms with Crippen LogP contribution < -0.4 is 0 Å². The van der Waals surface area contributed by atoms with Crippen LogP contribution in [0, 0.1) is 11.8 Å². The second-order valence-electron chi connectivity index (χ2n) is 4.41. The summed E-state index contributed by atoms with van der Waals surface area (Å²) in [4.78, 5) is 34.5. The molecule has 0 aliphatic heterocycles. The first-order valence-electron chi connectivity index (χ1n) is 6.43. The van der Waals surface area contributed by atoms with Crippen LogP contribution in [0.5, 0.6) is 0 Å². The molecule has 1 rings (SSSR count). The van der Waals surface area contributed by atoms with Crippen LogP contribution in [0.15, 0.2) is 0 Å². The Labute approximate surface area is 107 Å². The highest BCUT2D eigenvalue weighted by molar-refractivity contribution is 5.97. The van der Waals surface area contributed by atoms with E-state index < -0.39 is 5.97 Å². The Kier molecular flexibility index (Phi) is 5.82. The summed E-state index contributed by atoms with van der Waals surface area (Å²) in [6.07, 6.45) is 1.63. The zero-order valence-electron chi connectivity index (χ0n) is 10.9. The van der Waals surface area contributed by atoms with Gasteiger partial charge < -0.3 is 9.47 Å². The molecule has 0 aromatic carbocycles. The first kappa shape index (κ1) is 14.7. The van der Waals surface area contributed by atoms with Crippen molar-refractivity contribution in [3.8, 4) is 0 Å². The monoisotopic (exact) mass is 256 g/mol. The molecule has 102 valence electrons.